The van der Waals surface area contributed by atoms with Crippen molar-refractivity contribution in [2.75, 3.05) is 11.4 Å². The van der Waals surface area contributed by atoms with Crippen molar-refractivity contribution in [1.29, 1.82) is 0 Å². The third-order valence-electron chi connectivity index (χ3n) is 5.62. The molecule has 0 radical (unpaired) electrons. The molecule has 0 aliphatic carbocycles. The maximum absolute atomic E-state index is 11.9. The summed E-state index contributed by atoms with van der Waals surface area (Å²) in [5.74, 6) is 0. The van der Waals surface area contributed by atoms with Crippen molar-refractivity contribution < 1.29 is 4.79 Å². The number of para-hydroxylation sites is 1. The van der Waals surface area contributed by atoms with Crippen molar-refractivity contribution in [2.45, 2.75) is 104 Å². The van der Waals surface area contributed by atoms with Gasteiger partial charge in [0.05, 0.1) is 10.7 Å². The Balaban J connectivity index is 2.06. The van der Waals surface area contributed by atoms with Crippen LogP contribution in [0.2, 0.25) is 5.02 Å². The van der Waals surface area contributed by atoms with Gasteiger partial charge in [0, 0.05) is 6.54 Å². The molecule has 0 atom stereocenters. The van der Waals surface area contributed by atoms with Gasteiger partial charge in [-0.2, -0.15) is 0 Å². The Morgan fingerprint density at radius 2 is 1.43 bits per heavy atom. The number of hydrogen-bond donors (Lipinski definition) is 1. The van der Waals surface area contributed by atoms with Crippen molar-refractivity contribution in [1.82, 2.24) is 0 Å². The SMILES string of the molecule is CCCCCCCCC=CCCCCCCCCN(C(N)=O)c1c(C)cccc1Cl. The summed E-state index contributed by atoms with van der Waals surface area (Å²) in [6.07, 6.45) is 22.5. The molecule has 1 rings (SSSR count). The van der Waals surface area contributed by atoms with Gasteiger partial charge in [-0.05, 0) is 50.7 Å². The highest BCUT2D eigenvalue weighted by Gasteiger charge is 2.17. The lowest BCUT2D eigenvalue weighted by Crippen LogP contribution is -2.37. The second-order valence-corrected chi connectivity index (χ2v) is 8.74. The summed E-state index contributed by atoms with van der Waals surface area (Å²) < 4.78 is 0. The minimum absolute atomic E-state index is 0.432. The van der Waals surface area contributed by atoms with E-state index in [1.54, 1.807) is 4.90 Å². The second-order valence-electron chi connectivity index (χ2n) is 8.33. The molecule has 0 saturated carbocycles. The molecule has 0 aliphatic heterocycles. The molecule has 4 heteroatoms. The number of rotatable bonds is 17. The van der Waals surface area contributed by atoms with Gasteiger partial charge in [-0.3, -0.25) is 4.90 Å². The average Bonchev–Trinajstić information content (AvgIpc) is 2.71. The Bertz CT molecular complexity index is 595. The zero-order chi connectivity index (χ0) is 22.0. The summed E-state index contributed by atoms with van der Waals surface area (Å²) in [6, 6.07) is 5.23. The van der Waals surface area contributed by atoms with Crippen molar-refractivity contribution in [3.05, 3.63) is 40.9 Å². The number of hydrogen-bond acceptors (Lipinski definition) is 1. The molecule has 3 nitrogen and oxygen atoms in total. The fourth-order valence-corrected chi connectivity index (χ4v) is 4.14. The summed E-state index contributed by atoms with van der Waals surface area (Å²) in [4.78, 5) is 13.5. The highest BCUT2D eigenvalue weighted by Crippen LogP contribution is 2.29. The fraction of sp³-hybridized carbons (Fsp3) is 0.654. The summed E-state index contributed by atoms with van der Waals surface area (Å²) >= 11 is 6.29. The van der Waals surface area contributed by atoms with Crippen LogP contribution in [-0.2, 0) is 0 Å². The normalized spacial score (nSPS) is 11.3. The number of nitrogens with zero attached hydrogens (tertiary/aromatic N) is 1. The molecule has 30 heavy (non-hydrogen) atoms. The maximum Gasteiger partial charge on any atom is 0.319 e. The van der Waals surface area contributed by atoms with Crippen LogP contribution in [0.5, 0.6) is 0 Å². The average molecular weight is 435 g/mol. The van der Waals surface area contributed by atoms with Crippen molar-refractivity contribution in [3.8, 4) is 0 Å². The van der Waals surface area contributed by atoms with E-state index in [4.69, 9.17) is 17.3 Å². The molecule has 0 spiro atoms. The van der Waals surface area contributed by atoms with Gasteiger partial charge in [-0.15, -0.1) is 0 Å². The van der Waals surface area contributed by atoms with Gasteiger partial charge in [-0.25, -0.2) is 4.79 Å². The van der Waals surface area contributed by atoms with Gasteiger partial charge in [-0.1, -0.05) is 101 Å². The number of benzene rings is 1. The number of urea groups is 1. The lowest BCUT2D eigenvalue weighted by Gasteiger charge is -2.23. The molecule has 0 aliphatic rings. The second kappa shape index (κ2) is 17.2. The number of allylic oxidation sites excluding steroid dienone is 2. The van der Waals surface area contributed by atoms with E-state index in [-0.39, 0.29) is 0 Å². The lowest BCUT2D eigenvalue weighted by molar-refractivity contribution is 0.253. The largest absolute Gasteiger partial charge is 0.351 e. The molecular weight excluding hydrogens is 392 g/mol. The van der Waals surface area contributed by atoms with Crippen LogP contribution in [0.25, 0.3) is 0 Å². The highest BCUT2D eigenvalue weighted by molar-refractivity contribution is 6.34. The maximum atomic E-state index is 11.9. The monoisotopic (exact) mass is 434 g/mol. The third-order valence-corrected chi connectivity index (χ3v) is 5.92. The van der Waals surface area contributed by atoms with E-state index < -0.39 is 6.03 Å². The van der Waals surface area contributed by atoms with Gasteiger partial charge in [0.1, 0.15) is 0 Å². The number of primary amides is 1. The van der Waals surface area contributed by atoms with E-state index in [0.717, 1.165) is 24.1 Å². The number of aryl methyl sites for hydroxylation is 1. The van der Waals surface area contributed by atoms with E-state index in [9.17, 15) is 4.79 Å². The van der Waals surface area contributed by atoms with Crippen LogP contribution in [0, 0.1) is 6.92 Å². The molecule has 2 amide bonds. The van der Waals surface area contributed by atoms with Gasteiger partial charge >= 0.3 is 6.03 Å². The fourth-order valence-electron chi connectivity index (χ4n) is 3.81. The van der Waals surface area contributed by atoms with Crippen LogP contribution in [-0.4, -0.2) is 12.6 Å². The number of unbranched alkanes of at least 4 members (excludes halogenated alkanes) is 12. The first-order valence-corrected chi connectivity index (χ1v) is 12.4. The Morgan fingerprint density at radius 1 is 0.900 bits per heavy atom. The minimum atomic E-state index is -0.432. The Kier molecular flexibility index (Phi) is 15.2. The van der Waals surface area contributed by atoms with Crippen LogP contribution in [0.3, 0.4) is 0 Å². The molecule has 0 saturated heterocycles. The van der Waals surface area contributed by atoms with Gasteiger partial charge in [0.2, 0.25) is 0 Å². The molecule has 1 aromatic carbocycles. The lowest BCUT2D eigenvalue weighted by atomic mass is 10.1. The number of carbonyl (C=O) groups is 1. The molecular formula is C26H43ClN2O. The molecule has 0 bridgehead atoms. The predicted octanol–water partition coefficient (Wildman–Crippen LogP) is 8.57. The number of nitrogens with two attached hydrogens (primary N) is 1. The summed E-state index contributed by atoms with van der Waals surface area (Å²) in [6.45, 7) is 4.85. The molecule has 0 fully saturated rings. The van der Waals surface area contributed by atoms with Crippen LogP contribution in [0.15, 0.2) is 30.4 Å². The smallest absolute Gasteiger partial charge is 0.319 e. The molecule has 0 unspecified atom stereocenters. The summed E-state index contributed by atoms with van der Waals surface area (Å²) in [5.41, 5.74) is 7.32. The molecule has 2 N–H and O–H groups in total. The Hall–Kier alpha value is -1.48. The number of amides is 2. The van der Waals surface area contributed by atoms with Crippen LogP contribution >= 0.6 is 11.6 Å². The minimum Gasteiger partial charge on any atom is -0.351 e. The Morgan fingerprint density at radius 3 is 1.97 bits per heavy atom. The molecule has 0 heterocycles. The number of carbonyl (C=O) groups excluding carboxylic acids is 1. The van der Waals surface area contributed by atoms with Crippen molar-refractivity contribution >= 4 is 23.3 Å². The number of anilines is 1. The third kappa shape index (κ3) is 11.6. The summed E-state index contributed by atoms with van der Waals surface area (Å²) in [7, 11) is 0. The van der Waals surface area contributed by atoms with Gasteiger partial charge in [0.15, 0.2) is 0 Å². The van der Waals surface area contributed by atoms with Crippen LogP contribution in [0.4, 0.5) is 10.5 Å². The first kappa shape index (κ1) is 26.6. The van der Waals surface area contributed by atoms with E-state index in [0.29, 0.717) is 11.6 Å². The zero-order valence-corrected chi connectivity index (χ0v) is 20.1. The van der Waals surface area contributed by atoms with Gasteiger partial charge in [0.25, 0.3) is 0 Å². The van der Waals surface area contributed by atoms with Gasteiger partial charge < -0.3 is 5.73 Å². The quantitative estimate of drug-likeness (QED) is 0.193. The summed E-state index contributed by atoms with van der Waals surface area (Å²) in [5, 5.41) is 0.582. The predicted molar refractivity (Wildman–Crippen MR) is 133 cm³/mol. The van der Waals surface area contributed by atoms with E-state index in [2.05, 4.69) is 19.1 Å². The molecule has 0 aromatic heterocycles. The van der Waals surface area contributed by atoms with Crippen LogP contribution < -0.4 is 10.6 Å². The zero-order valence-electron chi connectivity index (χ0n) is 19.3. The van der Waals surface area contributed by atoms with Crippen molar-refractivity contribution in [2.24, 2.45) is 5.73 Å². The van der Waals surface area contributed by atoms with E-state index >= 15 is 0 Å². The van der Waals surface area contributed by atoms with E-state index in [1.807, 2.05) is 25.1 Å². The van der Waals surface area contributed by atoms with E-state index in [1.165, 1.54) is 77.0 Å². The van der Waals surface area contributed by atoms with Crippen molar-refractivity contribution in [3.63, 3.8) is 0 Å². The van der Waals surface area contributed by atoms with Crippen LogP contribution in [0.1, 0.15) is 102 Å². The number of halogens is 1. The molecule has 1 aromatic rings. The topological polar surface area (TPSA) is 46.3 Å². The first-order chi connectivity index (χ1) is 14.6. The first-order valence-electron chi connectivity index (χ1n) is 12.0. The molecule has 170 valence electrons. The standard InChI is InChI=1S/C26H43ClN2O/c1-3-4-5-6-7-8-9-10-11-12-13-14-15-16-17-18-22-29(26(28)30)25-23(2)20-19-21-24(25)27/h10-11,19-21H,3-9,12-18,22H2,1-2H3,(H2,28,30). The Labute approximate surface area is 190 Å². The highest BCUT2D eigenvalue weighted by atomic mass is 35.5.